The molecule has 1 unspecified atom stereocenters. The first-order chi connectivity index (χ1) is 11.9. The number of aliphatic hydroxyl groups excluding tert-OH is 1. The maximum atomic E-state index is 12.9. The number of alkyl halides is 3. The molecule has 1 aromatic carbocycles. The van der Waals surface area contributed by atoms with Gasteiger partial charge in [-0.1, -0.05) is 6.07 Å². The molecule has 1 atom stereocenters. The van der Waals surface area contributed by atoms with Crippen LogP contribution in [-0.4, -0.2) is 55.0 Å². The maximum Gasteiger partial charge on any atom is 0.416 e. The van der Waals surface area contributed by atoms with Gasteiger partial charge in [0.2, 0.25) is 0 Å². The van der Waals surface area contributed by atoms with E-state index >= 15 is 0 Å². The Labute approximate surface area is 144 Å². The van der Waals surface area contributed by atoms with E-state index in [1.54, 1.807) is 0 Å². The Morgan fingerprint density at radius 2 is 1.92 bits per heavy atom. The quantitative estimate of drug-likeness (QED) is 0.835. The fourth-order valence-electron chi connectivity index (χ4n) is 3.99. The van der Waals surface area contributed by atoms with Gasteiger partial charge in [-0.15, -0.1) is 0 Å². The average Bonchev–Trinajstić information content (AvgIpc) is 2.94. The predicted molar refractivity (Wildman–Crippen MR) is 84.9 cm³/mol. The molecule has 0 radical (unpaired) electrons. The Bertz CT molecular complexity index is 644. The van der Waals surface area contributed by atoms with Crippen LogP contribution in [0.1, 0.15) is 18.4 Å². The Kier molecular flexibility index (Phi) is 4.78. The molecule has 8 heteroatoms. The van der Waals surface area contributed by atoms with E-state index in [1.807, 2.05) is 0 Å². The van der Waals surface area contributed by atoms with E-state index in [2.05, 4.69) is 4.90 Å². The van der Waals surface area contributed by atoms with Gasteiger partial charge in [-0.25, -0.2) is 0 Å². The average molecular weight is 358 g/mol. The molecular weight excluding hydrogens is 337 g/mol. The van der Waals surface area contributed by atoms with Gasteiger partial charge in [0, 0.05) is 25.3 Å². The molecule has 1 aromatic rings. The lowest BCUT2D eigenvalue weighted by Gasteiger charge is -2.49. The number of benzene rings is 1. The first-order valence-electron chi connectivity index (χ1n) is 8.20. The van der Waals surface area contributed by atoms with Crippen molar-refractivity contribution in [2.75, 3.05) is 38.4 Å². The van der Waals surface area contributed by atoms with Crippen molar-refractivity contribution < 1.29 is 27.8 Å². The molecule has 4 saturated heterocycles. The van der Waals surface area contributed by atoms with E-state index in [1.165, 1.54) is 17.0 Å². The first kappa shape index (κ1) is 18.2. The number of hydrogen-bond donors (Lipinski definition) is 1. The molecule has 4 fully saturated rings. The van der Waals surface area contributed by atoms with Gasteiger partial charge in [0.15, 0.2) is 5.60 Å². The van der Waals surface area contributed by atoms with Gasteiger partial charge in [0.25, 0.3) is 5.91 Å². The molecule has 4 aliphatic rings. The van der Waals surface area contributed by atoms with Gasteiger partial charge in [0.1, 0.15) is 6.73 Å². The summed E-state index contributed by atoms with van der Waals surface area (Å²) in [5, 5.41) is 7.00. The SMILES string of the molecule is CO.O=C1N(c2cccc(C(F)(F)F)c2)COC12CN1CCC2CC1. The van der Waals surface area contributed by atoms with E-state index in [-0.39, 0.29) is 24.2 Å². The number of amides is 1. The topological polar surface area (TPSA) is 53.0 Å². The van der Waals surface area contributed by atoms with Crippen molar-refractivity contribution in [2.24, 2.45) is 5.92 Å². The van der Waals surface area contributed by atoms with Crippen LogP contribution in [0.3, 0.4) is 0 Å². The molecule has 1 amide bonds. The summed E-state index contributed by atoms with van der Waals surface area (Å²) >= 11 is 0. The van der Waals surface area contributed by atoms with Crippen molar-refractivity contribution in [1.82, 2.24) is 4.90 Å². The fourth-order valence-corrected chi connectivity index (χ4v) is 3.99. The zero-order valence-electron chi connectivity index (χ0n) is 13.9. The van der Waals surface area contributed by atoms with Crippen LogP contribution in [0.2, 0.25) is 0 Å². The third-order valence-electron chi connectivity index (χ3n) is 5.25. The van der Waals surface area contributed by atoms with Crippen LogP contribution >= 0.6 is 0 Å². The van der Waals surface area contributed by atoms with Gasteiger partial charge in [-0.3, -0.25) is 14.6 Å². The standard InChI is InChI=1S/C16H17F3N2O2.CH4O/c17-16(18,19)12-2-1-3-13(8-12)21-10-23-15(14(21)22)9-20-6-4-11(15)5-7-20;1-2/h1-3,8,11H,4-7,9-10H2;2H,1H3. The monoisotopic (exact) mass is 358 g/mol. The second-order valence-electron chi connectivity index (χ2n) is 6.49. The first-order valence-corrected chi connectivity index (χ1v) is 8.20. The number of aliphatic hydroxyl groups is 1. The lowest BCUT2D eigenvalue weighted by Crippen LogP contribution is -2.63. The predicted octanol–water partition coefficient (Wildman–Crippen LogP) is 2.10. The van der Waals surface area contributed by atoms with Crippen molar-refractivity contribution in [2.45, 2.75) is 24.6 Å². The summed E-state index contributed by atoms with van der Waals surface area (Å²) in [5.41, 5.74) is -1.37. The van der Waals surface area contributed by atoms with Gasteiger partial charge < -0.3 is 9.84 Å². The lowest BCUT2D eigenvalue weighted by molar-refractivity contribution is -0.156. The number of anilines is 1. The number of carbonyl (C=O) groups excluding carboxylic acids is 1. The molecule has 4 heterocycles. The number of nitrogens with zero attached hydrogens (tertiary/aromatic N) is 2. The molecule has 5 rings (SSSR count). The van der Waals surface area contributed by atoms with Crippen LogP contribution in [-0.2, 0) is 15.7 Å². The molecular formula is C17H21F3N2O3. The summed E-state index contributed by atoms with van der Waals surface area (Å²) in [6.07, 6.45) is -2.61. The highest BCUT2D eigenvalue weighted by Crippen LogP contribution is 2.43. The van der Waals surface area contributed by atoms with E-state index in [0.717, 1.165) is 45.2 Å². The minimum absolute atomic E-state index is 0.0183. The van der Waals surface area contributed by atoms with E-state index in [4.69, 9.17) is 9.84 Å². The molecule has 1 spiro atoms. The zero-order chi connectivity index (χ0) is 18.2. The van der Waals surface area contributed by atoms with Crippen LogP contribution in [0.5, 0.6) is 0 Å². The summed E-state index contributed by atoms with van der Waals surface area (Å²) < 4.78 is 44.5. The highest BCUT2D eigenvalue weighted by molar-refractivity contribution is 6.01. The maximum absolute atomic E-state index is 12.9. The summed E-state index contributed by atoms with van der Waals surface area (Å²) in [5.74, 6) is -0.0398. The van der Waals surface area contributed by atoms with Gasteiger partial charge in [0.05, 0.1) is 5.56 Å². The Balaban J connectivity index is 0.000000880. The highest BCUT2D eigenvalue weighted by atomic mass is 19.4. The van der Waals surface area contributed by atoms with Crippen molar-refractivity contribution in [3.63, 3.8) is 0 Å². The highest BCUT2D eigenvalue weighted by Gasteiger charge is 2.58. The lowest BCUT2D eigenvalue weighted by atomic mass is 9.75. The largest absolute Gasteiger partial charge is 0.416 e. The normalized spacial score (nSPS) is 31.2. The fraction of sp³-hybridized carbons (Fsp3) is 0.588. The van der Waals surface area contributed by atoms with Crippen LogP contribution in [0.15, 0.2) is 24.3 Å². The van der Waals surface area contributed by atoms with Gasteiger partial charge >= 0.3 is 6.18 Å². The minimum atomic E-state index is -4.42. The van der Waals surface area contributed by atoms with Gasteiger partial charge in [-0.05, 0) is 44.1 Å². The second-order valence-corrected chi connectivity index (χ2v) is 6.49. The molecule has 25 heavy (non-hydrogen) atoms. The summed E-state index contributed by atoms with van der Waals surface area (Å²) in [6.45, 7) is 2.50. The second kappa shape index (κ2) is 6.59. The Hall–Kier alpha value is -1.64. The Morgan fingerprint density at radius 1 is 1.24 bits per heavy atom. The van der Waals surface area contributed by atoms with Crippen molar-refractivity contribution in [1.29, 1.82) is 0 Å². The molecule has 0 aromatic heterocycles. The third-order valence-corrected chi connectivity index (χ3v) is 5.25. The van der Waals surface area contributed by atoms with Crippen LogP contribution < -0.4 is 4.90 Å². The zero-order valence-corrected chi connectivity index (χ0v) is 13.9. The van der Waals surface area contributed by atoms with Crippen molar-refractivity contribution in [3.05, 3.63) is 29.8 Å². The number of carbonyl (C=O) groups is 1. The molecule has 2 bridgehead atoms. The summed E-state index contributed by atoms with van der Waals surface area (Å²) in [4.78, 5) is 16.5. The van der Waals surface area contributed by atoms with Crippen LogP contribution in [0.4, 0.5) is 18.9 Å². The molecule has 138 valence electrons. The van der Waals surface area contributed by atoms with Gasteiger partial charge in [-0.2, -0.15) is 13.2 Å². The molecule has 1 N–H and O–H groups in total. The molecule has 4 aliphatic heterocycles. The number of halogens is 3. The van der Waals surface area contributed by atoms with E-state index in [9.17, 15) is 18.0 Å². The molecule has 0 aliphatic carbocycles. The van der Waals surface area contributed by atoms with Crippen LogP contribution in [0, 0.1) is 5.92 Å². The Morgan fingerprint density at radius 3 is 2.48 bits per heavy atom. The minimum Gasteiger partial charge on any atom is -0.400 e. The third kappa shape index (κ3) is 3.02. The van der Waals surface area contributed by atoms with Crippen molar-refractivity contribution >= 4 is 11.6 Å². The smallest absolute Gasteiger partial charge is 0.400 e. The summed E-state index contributed by atoms with van der Waals surface area (Å²) in [6, 6.07) is 4.88. The number of fused-ring (bicyclic) bond motifs is 2. The van der Waals surface area contributed by atoms with E-state index in [0.29, 0.717) is 6.54 Å². The number of hydrogen-bond acceptors (Lipinski definition) is 4. The van der Waals surface area contributed by atoms with Crippen molar-refractivity contribution in [3.8, 4) is 0 Å². The van der Waals surface area contributed by atoms with E-state index < -0.39 is 17.3 Å². The number of rotatable bonds is 1. The number of ether oxygens (including phenoxy) is 1. The molecule has 0 saturated carbocycles. The van der Waals surface area contributed by atoms with Crippen LogP contribution in [0.25, 0.3) is 0 Å². The summed E-state index contributed by atoms with van der Waals surface area (Å²) in [7, 11) is 1.00. The number of piperidine rings is 3. The molecule has 5 nitrogen and oxygen atoms in total.